The summed E-state index contributed by atoms with van der Waals surface area (Å²) in [7, 11) is 0. The number of benzene rings is 3. The van der Waals surface area contributed by atoms with Crippen LogP contribution in [0, 0.1) is 0 Å². The Labute approximate surface area is 187 Å². The molecule has 1 N–H and O–H groups in total. The Balaban J connectivity index is 1.40. The number of rotatable bonds is 9. The van der Waals surface area contributed by atoms with E-state index in [9.17, 15) is 9.59 Å². The molecule has 0 spiro atoms. The van der Waals surface area contributed by atoms with Crippen LogP contribution in [0.1, 0.15) is 36.4 Å². The van der Waals surface area contributed by atoms with Crippen molar-refractivity contribution in [1.82, 2.24) is 15.1 Å². The number of nitrogens with zero attached hydrogens (tertiary/aromatic N) is 2. The van der Waals surface area contributed by atoms with Crippen molar-refractivity contribution >= 4 is 16.8 Å². The minimum Gasteiger partial charge on any atom is -0.349 e. The van der Waals surface area contributed by atoms with Crippen molar-refractivity contribution in [1.29, 1.82) is 0 Å². The normalized spacial score (nSPS) is 11.9. The molecule has 1 unspecified atom stereocenters. The first-order valence-electron chi connectivity index (χ1n) is 11.0. The standard InChI is InChI=1S/C27H27N3O2/c31-26-20-28-30(25-17-8-7-15-23(25)26)19-18-27(32)29-24(22-13-5-2-6-14-22)16-9-12-21-10-3-1-4-11-21/h1-8,10-11,13-15,17,20,24H,9,12,16,18-19H2,(H,29,32). The largest absolute Gasteiger partial charge is 0.349 e. The Morgan fingerprint density at radius 2 is 1.59 bits per heavy atom. The minimum atomic E-state index is -0.108. The lowest BCUT2D eigenvalue weighted by atomic mass is 9.99. The van der Waals surface area contributed by atoms with Crippen LogP contribution in [0.5, 0.6) is 0 Å². The molecule has 5 heteroatoms. The predicted molar refractivity (Wildman–Crippen MR) is 127 cm³/mol. The van der Waals surface area contributed by atoms with Gasteiger partial charge in [-0.2, -0.15) is 5.10 Å². The van der Waals surface area contributed by atoms with Gasteiger partial charge in [0.15, 0.2) is 0 Å². The number of aryl methyl sites for hydroxylation is 2. The molecule has 4 rings (SSSR count). The molecule has 32 heavy (non-hydrogen) atoms. The van der Waals surface area contributed by atoms with E-state index in [1.807, 2.05) is 42.5 Å². The van der Waals surface area contributed by atoms with E-state index >= 15 is 0 Å². The molecule has 0 aliphatic heterocycles. The molecule has 1 aromatic heterocycles. The second-order valence-corrected chi connectivity index (χ2v) is 7.91. The molecule has 0 fully saturated rings. The van der Waals surface area contributed by atoms with Gasteiger partial charge in [-0.1, -0.05) is 72.8 Å². The molecular weight excluding hydrogens is 398 g/mol. The van der Waals surface area contributed by atoms with Crippen LogP contribution in [0.4, 0.5) is 0 Å². The van der Waals surface area contributed by atoms with Gasteiger partial charge in [0.25, 0.3) is 0 Å². The maximum Gasteiger partial charge on any atom is 0.222 e. The molecule has 1 amide bonds. The summed E-state index contributed by atoms with van der Waals surface area (Å²) in [5.74, 6) is -0.0249. The lowest BCUT2D eigenvalue weighted by Crippen LogP contribution is -2.29. The fraction of sp³-hybridized carbons (Fsp3) is 0.222. The highest BCUT2D eigenvalue weighted by atomic mass is 16.1. The molecule has 0 saturated heterocycles. The molecule has 0 radical (unpaired) electrons. The summed E-state index contributed by atoms with van der Waals surface area (Å²) in [6.07, 6.45) is 4.44. The fourth-order valence-corrected chi connectivity index (χ4v) is 3.98. The second kappa shape index (κ2) is 10.5. The van der Waals surface area contributed by atoms with E-state index in [0.717, 1.165) is 30.3 Å². The third-order valence-electron chi connectivity index (χ3n) is 5.65. The smallest absolute Gasteiger partial charge is 0.222 e. The van der Waals surface area contributed by atoms with E-state index in [1.54, 1.807) is 10.7 Å². The van der Waals surface area contributed by atoms with Crippen molar-refractivity contribution in [3.8, 4) is 0 Å². The van der Waals surface area contributed by atoms with Crippen molar-refractivity contribution in [2.24, 2.45) is 0 Å². The van der Waals surface area contributed by atoms with E-state index in [-0.39, 0.29) is 17.4 Å². The zero-order valence-corrected chi connectivity index (χ0v) is 18.0. The molecule has 4 aromatic rings. The number of aromatic nitrogens is 2. The lowest BCUT2D eigenvalue weighted by Gasteiger charge is -2.20. The van der Waals surface area contributed by atoms with Crippen LogP contribution in [-0.2, 0) is 17.8 Å². The molecule has 0 aliphatic rings. The lowest BCUT2D eigenvalue weighted by molar-refractivity contribution is -0.122. The Hall–Kier alpha value is -3.73. The van der Waals surface area contributed by atoms with Gasteiger partial charge in [-0.15, -0.1) is 0 Å². The third kappa shape index (κ3) is 5.49. The van der Waals surface area contributed by atoms with Crippen molar-refractivity contribution in [2.75, 3.05) is 0 Å². The summed E-state index contributed by atoms with van der Waals surface area (Å²) in [6, 6.07) is 27.8. The van der Waals surface area contributed by atoms with Gasteiger partial charge < -0.3 is 5.32 Å². The zero-order valence-electron chi connectivity index (χ0n) is 18.0. The van der Waals surface area contributed by atoms with E-state index in [4.69, 9.17) is 0 Å². The van der Waals surface area contributed by atoms with Crippen molar-refractivity contribution in [3.05, 3.63) is 112 Å². The number of nitrogens with one attached hydrogen (secondary N) is 1. The van der Waals surface area contributed by atoms with Gasteiger partial charge in [-0.25, -0.2) is 0 Å². The molecule has 0 bridgehead atoms. The van der Waals surface area contributed by atoms with Crippen LogP contribution in [-0.4, -0.2) is 15.7 Å². The third-order valence-corrected chi connectivity index (χ3v) is 5.65. The van der Waals surface area contributed by atoms with Gasteiger partial charge in [-0.05, 0) is 42.5 Å². The topological polar surface area (TPSA) is 64.0 Å². The van der Waals surface area contributed by atoms with Crippen molar-refractivity contribution in [3.63, 3.8) is 0 Å². The maximum absolute atomic E-state index is 12.8. The molecule has 5 nitrogen and oxygen atoms in total. The van der Waals surface area contributed by atoms with Crippen molar-refractivity contribution in [2.45, 2.75) is 38.3 Å². The molecule has 1 heterocycles. The van der Waals surface area contributed by atoms with Gasteiger partial charge in [0.05, 0.1) is 24.3 Å². The first kappa shape index (κ1) is 21.5. The van der Waals surface area contributed by atoms with E-state index < -0.39 is 0 Å². The summed E-state index contributed by atoms with van der Waals surface area (Å²) in [5, 5.41) is 8.05. The van der Waals surface area contributed by atoms with E-state index in [2.05, 4.69) is 46.8 Å². The SMILES string of the molecule is O=C(CCn1ncc(=O)c2ccccc21)NC(CCCc1ccccc1)c1ccccc1. The van der Waals surface area contributed by atoms with Crippen LogP contribution in [0.15, 0.2) is 95.9 Å². The van der Waals surface area contributed by atoms with Crippen LogP contribution in [0.2, 0.25) is 0 Å². The highest BCUT2D eigenvalue weighted by Crippen LogP contribution is 2.20. The molecular formula is C27H27N3O2. The van der Waals surface area contributed by atoms with Gasteiger partial charge >= 0.3 is 0 Å². The number of para-hydroxylation sites is 1. The predicted octanol–water partition coefficient (Wildman–Crippen LogP) is 4.67. The summed E-state index contributed by atoms with van der Waals surface area (Å²) in [5.41, 5.74) is 3.06. The van der Waals surface area contributed by atoms with Gasteiger partial charge in [0.2, 0.25) is 11.3 Å². The summed E-state index contributed by atoms with van der Waals surface area (Å²) in [4.78, 5) is 24.8. The van der Waals surface area contributed by atoms with Crippen LogP contribution in [0.3, 0.4) is 0 Å². The Bertz CT molecular complexity index is 1220. The Kier molecular flexibility index (Phi) is 7.08. The number of carbonyl (C=O) groups excluding carboxylic acids is 1. The number of fused-ring (bicyclic) bond motifs is 1. The highest BCUT2D eigenvalue weighted by Gasteiger charge is 2.15. The van der Waals surface area contributed by atoms with Gasteiger partial charge in [0, 0.05) is 11.8 Å². The quantitative estimate of drug-likeness (QED) is 0.424. The molecule has 0 aliphatic carbocycles. The minimum absolute atomic E-state index is 0.0249. The van der Waals surface area contributed by atoms with Gasteiger partial charge in [-0.3, -0.25) is 14.3 Å². The van der Waals surface area contributed by atoms with Crippen LogP contribution >= 0.6 is 0 Å². The number of hydrogen-bond acceptors (Lipinski definition) is 3. The summed E-state index contributed by atoms with van der Waals surface area (Å²) >= 11 is 0. The fourth-order valence-electron chi connectivity index (χ4n) is 3.98. The number of hydrogen-bond donors (Lipinski definition) is 1. The average molecular weight is 426 g/mol. The molecule has 162 valence electrons. The monoisotopic (exact) mass is 425 g/mol. The molecule has 1 atom stereocenters. The Morgan fingerprint density at radius 3 is 2.38 bits per heavy atom. The van der Waals surface area contributed by atoms with E-state index in [1.165, 1.54) is 11.8 Å². The van der Waals surface area contributed by atoms with E-state index in [0.29, 0.717) is 18.4 Å². The Morgan fingerprint density at radius 1 is 0.906 bits per heavy atom. The van der Waals surface area contributed by atoms with Crippen molar-refractivity contribution < 1.29 is 4.79 Å². The van der Waals surface area contributed by atoms with Crippen LogP contribution in [0.25, 0.3) is 10.9 Å². The summed E-state index contributed by atoms with van der Waals surface area (Å²) < 4.78 is 1.73. The molecule has 0 saturated carbocycles. The first-order chi connectivity index (χ1) is 15.7. The average Bonchev–Trinajstić information content (AvgIpc) is 2.84. The highest BCUT2D eigenvalue weighted by molar-refractivity contribution is 5.79. The van der Waals surface area contributed by atoms with Gasteiger partial charge in [0.1, 0.15) is 0 Å². The first-order valence-corrected chi connectivity index (χ1v) is 11.0. The zero-order chi connectivity index (χ0) is 22.2. The second-order valence-electron chi connectivity index (χ2n) is 7.91. The maximum atomic E-state index is 12.8. The number of amides is 1. The molecule has 3 aromatic carbocycles. The van der Waals surface area contributed by atoms with Crippen LogP contribution < -0.4 is 10.7 Å². The summed E-state index contributed by atoms with van der Waals surface area (Å²) in [6.45, 7) is 0.415. The number of carbonyl (C=O) groups is 1.